The van der Waals surface area contributed by atoms with Crippen molar-refractivity contribution in [3.63, 3.8) is 0 Å². The summed E-state index contributed by atoms with van der Waals surface area (Å²) in [6, 6.07) is 5.50. The van der Waals surface area contributed by atoms with Crippen LogP contribution in [-0.4, -0.2) is 66.7 Å². The number of hydrogen-bond acceptors (Lipinski definition) is 4. The van der Waals surface area contributed by atoms with E-state index in [0.29, 0.717) is 25.2 Å². The Bertz CT molecular complexity index is 605. The molecule has 1 saturated heterocycles. The first-order valence-electron chi connectivity index (χ1n) is 8.99. The average molecular weight is 365 g/mol. The molecule has 1 aromatic rings. The van der Waals surface area contributed by atoms with Gasteiger partial charge in [0.2, 0.25) is 0 Å². The first kappa shape index (κ1) is 20.2. The minimum Gasteiger partial charge on any atom is -0.444 e. The Morgan fingerprint density at radius 1 is 1.12 bits per heavy atom. The third kappa shape index (κ3) is 6.63. The molecule has 0 saturated carbocycles. The summed E-state index contributed by atoms with van der Waals surface area (Å²) >= 11 is 0. The van der Waals surface area contributed by atoms with Gasteiger partial charge in [0.1, 0.15) is 11.4 Å². The number of halogens is 1. The van der Waals surface area contributed by atoms with Crippen molar-refractivity contribution in [1.29, 1.82) is 0 Å². The quantitative estimate of drug-likeness (QED) is 0.815. The molecule has 0 unspecified atom stereocenters. The van der Waals surface area contributed by atoms with Crippen molar-refractivity contribution < 1.29 is 18.7 Å². The van der Waals surface area contributed by atoms with Crippen LogP contribution < -0.4 is 5.32 Å². The smallest absolute Gasteiger partial charge is 0.410 e. The van der Waals surface area contributed by atoms with Crippen molar-refractivity contribution in [1.82, 2.24) is 15.1 Å². The molecule has 1 fully saturated rings. The Balaban J connectivity index is 1.62. The van der Waals surface area contributed by atoms with Crippen LogP contribution in [0.25, 0.3) is 0 Å². The van der Waals surface area contributed by atoms with Gasteiger partial charge in [0, 0.05) is 38.3 Å². The van der Waals surface area contributed by atoms with E-state index < -0.39 is 5.60 Å². The third-order valence-corrected chi connectivity index (χ3v) is 4.07. The fourth-order valence-corrected chi connectivity index (χ4v) is 2.69. The van der Waals surface area contributed by atoms with Gasteiger partial charge in [0.25, 0.3) is 5.91 Å². The predicted molar refractivity (Wildman–Crippen MR) is 97.6 cm³/mol. The highest BCUT2D eigenvalue weighted by Crippen LogP contribution is 2.12. The summed E-state index contributed by atoms with van der Waals surface area (Å²) in [4.78, 5) is 28.0. The van der Waals surface area contributed by atoms with Crippen LogP contribution in [-0.2, 0) is 4.74 Å². The van der Waals surface area contributed by atoms with E-state index in [-0.39, 0.29) is 17.8 Å². The SMILES string of the molecule is CC(C)(C)OC(=O)N1CCN(CCCNC(=O)c2ccc(F)cc2)CC1. The minimum absolute atomic E-state index is 0.195. The highest BCUT2D eigenvalue weighted by Gasteiger charge is 2.25. The lowest BCUT2D eigenvalue weighted by Gasteiger charge is -2.35. The number of piperazine rings is 1. The van der Waals surface area contributed by atoms with Crippen LogP contribution in [0.5, 0.6) is 0 Å². The number of nitrogens with one attached hydrogen (secondary N) is 1. The Hall–Kier alpha value is -2.15. The number of nitrogens with zero attached hydrogens (tertiary/aromatic N) is 2. The number of amides is 2. The fourth-order valence-electron chi connectivity index (χ4n) is 2.69. The van der Waals surface area contributed by atoms with Gasteiger partial charge in [-0.15, -0.1) is 0 Å². The molecule has 0 radical (unpaired) electrons. The summed E-state index contributed by atoms with van der Waals surface area (Å²) in [5.41, 5.74) is -0.0193. The van der Waals surface area contributed by atoms with E-state index >= 15 is 0 Å². The Morgan fingerprint density at radius 2 is 1.73 bits per heavy atom. The molecule has 144 valence electrons. The molecule has 26 heavy (non-hydrogen) atoms. The number of carbonyl (C=O) groups is 2. The van der Waals surface area contributed by atoms with Crippen LogP contribution in [0.1, 0.15) is 37.6 Å². The molecule has 1 aromatic carbocycles. The van der Waals surface area contributed by atoms with Crippen molar-refractivity contribution in [3.8, 4) is 0 Å². The number of rotatable bonds is 5. The topological polar surface area (TPSA) is 61.9 Å². The monoisotopic (exact) mass is 365 g/mol. The van der Waals surface area contributed by atoms with Crippen LogP contribution in [0.3, 0.4) is 0 Å². The van der Waals surface area contributed by atoms with Gasteiger partial charge in [0.05, 0.1) is 0 Å². The molecule has 0 aliphatic carbocycles. The van der Waals surface area contributed by atoms with Gasteiger partial charge < -0.3 is 15.0 Å². The first-order valence-corrected chi connectivity index (χ1v) is 8.99. The molecule has 1 N–H and O–H groups in total. The van der Waals surface area contributed by atoms with Crippen LogP contribution in [0, 0.1) is 5.82 Å². The number of benzene rings is 1. The molecule has 0 atom stereocenters. The lowest BCUT2D eigenvalue weighted by atomic mass is 10.2. The van der Waals surface area contributed by atoms with E-state index in [1.165, 1.54) is 24.3 Å². The standard InChI is InChI=1S/C19H28FN3O3/c1-19(2,3)26-18(25)23-13-11-22(12-14-23)10-4-9-21-17(24)15-5-7-16(20)8-6-15/h5-8H,4,9-14H2,1-3H3,(H,21,24). The molecule has 2 amide bonds. The van der Waals surface area contributed by atoms with Crippen LogP contribution in [0.4, 0.5) is 9.18 Å². The van der Waals surface area contributed by atoms with Crippen molar-refractivity contribution in [2.75, 3.05) is 39.3 Å². The summed E-state index contributed by atoms with van der Waals surface area (Å²) in [5, 5.41) is 2.84. The van der Waals surface area contributed by atoms with E-state index in [4.69, 9.17) is 4.74 Å². The summed E-state index contributed by atoms with van der Waals surface area (Å²) in [6.45, 7) is 9.89. The van der Waals surface area contributed by atoms with E-state index in [0.717, 1.165) is 26.1 Å². The highest BCUT2D eigenvalue weighted by molar-refractivity contribution is 5.94. The minimum atomic E-state index is -0.475. The van der Waals surface area contributed by atoms with Crippen molar-refractivity contribution >= 4 is 12.0 Å². The molecule has 0 aromatic heterocycles. The summed E-state index contributed by atoms with van der Waals surface area (Å²) < 4.78 is 18.2. The molecule has 0 bridgehead atoms. The Kier molecular flexibility index (Phi) is 6.97. The van der Waals surface area contributed by atoms with Gasteiger partial charge in [-0.2, -0.15) is 0 Å². The zero-order chi connectivity index (χ0) is 19.2. The van der Waals surface area contributed by atoms with Crippen molar-refractivity contribution in [3.05, 3.63) is 35.6 Å². The van der Waals surface area contributed by atoms with Gasteiger partial charge in [-0.3, -0.25) is 9.69 Å². The second-order valence-electron chi connectivity index (χ2n) is 7.43. The Morgan fingerprint density at radius 3 is 2.31 bits per heavy atom. The van der Waals surface area contributed by atoms with Crippen molar-refractivity contribution in [2.24, 2.45) is 0 Å². The highest BCUT2D eigenvalue weighted by atomic mass is 19.1. The summed E-state index contributed by atoms with van der Waals surface area (Å²) in [6.07, 6.45) is 0.558. The number of hydrogen-bond donors (Lipinski definition) is 1. The lowest BCUT2D eigenvalue weighted by Crippen LogP contribution is -2.50. The van der Waals surface area contributed by atoms with E-state index in [1.807, 2.05) is 20.8 Å². The van der Waals surface area contributed by atoms with E-state index in [2.05, 4.69) is 10.2 Å². The molecule has 2 rings (SSSR count). The number of ether oxygens (including phenoxy) is 1. The van der Waals surface area contributed by atoms with Crippen molar-refractivity contribution in [2.45, 2.75) is 32.8 Å². The normalized spacial score (nSPS) is 15.6. The predicted octanol–water partition coefficient (Wildman–Crippen LogP) is 2.50. The molecule has 1 heterocycles. The van der Waals surface area contributed by atoms with Gasteiger partial charge in [-0.1, -0.05) is 0 Å². The maximum absolute atomic E-state index is 12.9. The molecule has 7 heteroatoms. The average Bonchev–Trinajstić information content (AvgIpc) is 2.58. The second kappa shape index (κ2) is 8.98. The van der Waals surface area contributed by atoms with E-state index in [9.17, 15) is 14.0 Å². The van der Waals surface area contributed by atoms with Gasteiger partial charge in [-0.25, -0.2) is 9.18 Å². The van der Waals surface area contributed by atoms with Crippen LogP contribution in [0.15, 0.2) is 24.3 Å². The fraction of sp³-hybridized carbons (Fsp3) is 0.579. The third-order valence-electron chi connectivity index (χ3n) is 4.07. The zero-order valence-corrected chi connectivity index (χ0v) is 15.8. The second-order valence-corrected chi connectivity index (χ2v) is 7.43. The molecular formula is C19H28FN3O3. The number of carbonyl (C=O) groups excluding carboxylic acids is 2. The Labute approximate surface area is 154 Å². The zero-order valence-electron chi connectivity index (χ0n) is 15.8. The maximum atomic E-state index is 12.9. The maximum Gasteiger partial charge on any atom is 0.410 e. The lowest BCUT2D eigenvalue weighted by molar-refractivity contribution is 0.0144. The molecular weight excluding hydrogens is 337 g/mol. The van der Waals surface area contributed by atoms with Crippen LogP contribution >= 0.6 is 0 Å². The molecule has 6 nitrogen and oxygen atoms in total. The van der Waals surface area contributed by atoms with Gasteiger partial charge >= 0.3 is 6.09 Å². The molecule has 1 aliphatic heterocycles. The summed E-state index contributed by atoms with van der Waals surface area (Å²) in [7, 11) is 0. The van der Waals surface area contributed by atoms with E-state index in [1.54, 1.807) is 4.90 Å². The summed E-state index contributed by atoms with van der Waals surface area (Å²) in [5.74, 6) is -0.549. The molecule has 0 spiro atoms. The van der Waals surface area contributed by atoms with Crippen LogP contribution in [0.2, 0.25) is 0 Å². The first-order chi connectivity index (χ1) is 12.2. The largest absolute Gasteiger partial charge is 0.444 e. The van der Waals surface area contributed by atoms with Gasteiger partial charge in [0.15, 0.2) is 0 Å². The van der Waals surface area contributed by atoms with Gasteiger partial charge in [-0.05, 0) is 58.0 Å². The molecule has 1 aliphatic rings.